The molecule has 0 bridgehead atoms. The van der Waals surface area contributed by atoms with Crippen LogP contribution in [0.5, 0.6) is 5.75 Å². The highest BCUT2D eigenvalue weighted by molar-refractivity contribution is 7.99. The largest absolute Gasteiger partial charge is 0.486 e. The molecular weight excluding hydrogens is 487 g/mol. The standard InChI is InChI=1S/C23H20F3N3O3S2/c1-12(30)18-11-34-19-9-15(6-7-17(19)32-18)29-21(33)28(20(31)22(29,2)3)14-5-4-13(10-27)16(8-14)23(24,25)26/h4-9,12,18,30H,11H2,1-3H3. The minimum atomic E-state index is -4.76. The van der Waals surface area contributed by atoms with Crippen LogP contribution in [-0.2, 0) is 11.0 Å². The number of benzene rings is 2. The summed E-state index contributed by atoms with van der Waals surface area (Å²) in [7, 11) is 0. The van der Waals surface area contributed by atoms with Crippen LogP contribution in [0.15, 0.2) is 41.3 Å². The van der Waals surface area contributed by atoms with Crippen LogP contribution in [0, 0.1) is 11.3 Å². The Morgan fingerprint density at radius 2 is 1.94 bits per heavy atom. The van der Waals surface area contributed by atoms with Gasteiger partial charge in [0.1, 0.15) is 17.4 Å². The molecule has 178 valence electrons. The van der Waals surface area contributed by atoms with Crippen LogP contribution in [0.2, 0.25) is 0 Å². The van der Waals surface area contributed by atoms with Gasteiger partial charge in [-0.15, -0.1) is 11.8 Å². The quantitative estimate of drug-likeness (QED) is 0.602. The van der Waals surface area contributed by atoms with Crippen LogP contribution >= 0.6 is 24.0 Å². The van der Waals surface area contributed by atoms with Gasteiger partial charge in [0.2, 0.25) is 0 Å². The number of nitrogens with zero attached hydrogens (tertiary/aromatic N) is 3. The third-order valence-corrected chi connectivity index (χ3v) is 7.25. The maximum absolute atomic E-state index is 13.5. The Kier molecular flexibility index (Phi) is 6.04. The van der Waals surface area contributed by atoms with Gasteiger partial charge in [0, 0.05) is 11.4 Å². The first-order chi connectivity index (χ1) is 15.9. The number of hydrogen-bond donors (Lipinski definition) is 1. The van der Waals surface area contributed by atoms with Crippen molar-refractivity contribution in [3.8, 4) is 11.8 Å². The maximum atomic E-state index is 13.5. The number of rotatable bonds is 3. The average molecular weight is 508 g/mol. The highest BCUT2D eigenvalue weighted by Crippen LogP contribution is 2.43. The Balaban J connectivity index is 1.73. The third kappa shape index (κ3) is 4.00. The molecule has 0 radical (unpaired) electrons. The highest BCUT2D eigenvalue weighted by Gasteiger charge is 2.51. The summed E-state index contributed by atoms with van der Waals surface area (Å²) < 4.78 is 46.3. The number of carbonyl (C=O) groups is 1. The number of hydrogen-bond acceptors (Lipinski definition) is 6. The summed E-state index contributed by atoms with van der Waals surface area (Å²) >= 11 is 7.07. The smallest absolute Gasteiger partial charge is 0.417 e. The first-order valence-corrected chi connectivity index (χ1v) is 11.7. The van der Waals surface area contributed by atoms with Crippen molar-refractivity contribution < 1.29 is 27.8 Å². The van der Waals surface area contributed by atoms with Gasteiger partial charge in [-0.3, -0.25) is 9.69 Å². The van der Waals surface area contributed by atoms with Gasteiger partial charge >= 0.3 is 6.18 Å². The van der Waals surface area contributed by atoms with Crippen molar-refractivity contribution in [3.63, 3.8) is 0 Å². The van der Waals surface area contributed by atoms with Gasteiger partial charge in [0.05, 0.1) is 33.9 Å². The Hall–Kier alpha value is -2.81. The number of aliphatic hydroxyl groups excluding tert-OH is 1. The van der Waals surface area contributed by atoms with Crippen molar-refractivity contribution in [1.29, 1.82) is 5.26 Å². The number of anilines is 2. The monoisotopic (exact) mass is 507 g/mol. The van der Waals surface area contributed by atoms with E-state index in [1.165, 1.54) is 23.9 Å². The molecular formula is C23H20F3N3O3S2. The number of alkyl halides is 3. The lowest BCUT2D eigenvalue weighted by Gasteiger charge is -2.32. The fourth-order valence-electron chi connectivity index (χ4n) is 3.91. The summed E-state index contributed by atoms with van der Waals surface area (Å²) in [6.45, 7) is 4.94. The SMILES string of the molecule is CC(O)C1CSc2cc(N3C(=S)N(c4ccc(C#N)c(C(F)(F)F)c4)C(=O)C3(C)C)ccc2O1. The van der Waals surface area contributed by atoms with Gasteiger partial charge in [-0.25, -0.2) is 0 Å². The van der Waals surface area contributed by atoms with E-state index in [4.69, 9.17) is 22.2 Å². The number of aliphatic hydroxyl groups is 1. The summed E-state index contributed by atoms with van der Waals surface area (Å²) in [4.78, 5) is 16.8. The zero-order valence-corrected chi connectivity index (χ0v) is 20.0. The first-order valence-electron chi connectivity index (χ1n) is 10.3. The number of thiocarbonyl (C=S) groups is 1. The zero-order valence-electron chi connectivity index (χ0n) is 18.4. The van der Waals surface area contributed by atoms with Gasteiger partial charge in [-0.05, 0) is 69.4 Å². The molecule has 2 aliphatic rings. The molecule has 11 heteroatoms. The van der Waals surface area contributed by atoms with Crippen molar-refractivity contribution >= 4 is 46.4 Å². The molecule has 1 saturated heterocycles. The van der Waals surface area contributed by atoms with Crippen molar-refractivity contribution in [3.05, 3.63) is 47.5 Å². The Morgan fingerprint density at radius 1 is 1.26 bits per heavy atom. The van der Waals surface area contributed by atoms with Gasteiger partial charge in [-0.2, -0.15) is 18.4 Å². The second-order valence-electron chi connectivity index (χ2n) is 8.50. The predicted octanol–water partition coefficient (Wildman–Crippen LogP) is 4.73. The molecule has 2 aliphatic heterocycles. The minimum absolute atomic E-state index is 0.0244. The van der Waals surface area contributed by atoms with E-state index in [-0.39, 0.29) is 16.9 Å². The fourth-order valence-corrected chi connectivity index (χ4v) is 5.59. The van der Waals surface area contributed by atoms with Crippen molar-refractivity contribution in [2.45, 2.75) is 49.6 Å². The van der Waals surface area contributed by atoms with E-state index in [1.807, 2.05) is 6.07 Å². The number of fused-ring (bicyclic) bond motifs is 1. The van der Waals surface area contributed by atoms with E-state index in [0.29, 0.717) is 17.2 Å². The number of carbonyl (C=O) groups excluding carboxylic acids is 1. The van der Waals surface area contributed by atoms with Crippen LogP contribution in [0.25, 0.3) is 0 Å². The van der Waals surface area contributed by atoms with Gasteiger partial charge in [0.25, 0.3) is 5.91 Å². The minimum Gasteiger partial charge on any atom is -0.486 e. The molecule has 1 fully saturated rings. The predicted molar refractivity (Wildman–Crippen MR) is 126 cm³/mol. The average Bonchev–Trinajstić information content (AvgIpc) is 2.95. The first kappa shape index (κ1) is 24.3. The van der Waals surface area contributed by atoms with E-state index in [2.05, 4.69) is 0 Å². The zero-order chi connectivity index (χ0) is 25.0. The van der Waals surface area contributed by atoms with E-state index in [0.717, 1.165) is 21.9 Å². The van der Waals surface area contributed by atoms with E-state index < -0.39 is 34.9 Å². The van der Waals surface area contributed by atoms with Crippen LogP contribution in [-0.4, -0.2) is 39.6 Å². The van der Waals surface area contributed by atoms with Gasteiger partial charge in [-0.1, -0.05) is 0 Å². The second-order valence-corrected chi connectivity index (χ2v) is 9.92. The molecule has 2 atom stereocenters. The molecule has 2 heterocycles. The lowest BCUT2D eigenvalue weighted by Crippen LogP contribution is -2.44. The molecule has 34 heavy (non-hydrogen) atoms. The summed E-state index contributed by atoms with van der Waals surface area (Å²) in [5, 5.41) is 18.9. The summed E-state index contributed by atoms with van der Waals surface area (Å²) in [6, 6.07) is 9.88. The molecule has 1 amide bonds. The topological polar surface area (TPSA) is 76.8 Å². The maximum Gasteiger partial charge on any atom is 0.417 e. The molecule has 0 aliphatic carbocycles. The van der Waals surface area contributed by atoms with Crippen molar-refractivity contribution in [1.82, 2.24) is 0 Å². The Labute approximate surface area is 203 Å². The van der Waals surface area contributed by atoms with Crippen LogP contribution < -0.4 is 14.5 Å². The summed E-state index contributed by atoms with van der Waals surface area (Å²) in [6.07, 6.45) is -5.74. The Morgan fingerprint density at radius 3 is 2.56 bits per heavy atom. The van der Waals surface area contributed by atoms with Gasteiger partial charge < -0.3 is 14.7 Å². The van der Waals surface area contributed by atoms with Crippen LogP contribution in [0.3, 0.4) is 0 Å². The molecule has 0 saturated carbocycles. The molecule has 4 rings (SSSR count). The number of thioether (sulfide) groups is 1. The second kappa shape index (κ2) is 8.45. The summed E-state index contributed by atoms with van der Waals surface area (Å²) in [5.74, 6) is 0.642. The molecule has 2 unspecified atom stereocenters. The number of ether oxygens (including phenoxy) is 1. The molecule has 0 aromatic heterocycles. The fraction of sp³-hybridized carbons (Fsp3) is 0.348. The van der Waals surface area contributed by atoms with E-state index in [9.17, 15) is 23.1 Å². The Bertz CT molecular complexity index is 1220. The van der Waals surface area contributed by atoms with E-state index >= 15 is 0 Å². The molecule has 6 nitrogen and oxygen atoms in total. The van der Waals surface area contributed by atoms with Crippen LogP contribution in [0.1, 0.15) is 31.9 Å². The van der Waals surface area contributed by atoms with Crippen molar-refractivity contribution in [2.24, 2.45) is 0 Å². The highest BCUT2D eigenvalue weighted by atomic mass is 32.2. The number of halogens is 3. The number of amides is 1. The van der Waals surface area contributed by atoms with Crippen molar-refractivity contribution in [2.75, 3.05) is 15.6 Å². The molecule has 2 aromatic carbocycles. The lowest BCUT2D eigenvalue weighted by molar-refractivity contribution is -0.137. The van der Waals surface area contributed by atoms with Gasteiger partial charge in [0.15, 0.2) is 5.11 Å². The van der Waals surface area contributed by atoms with Crippen LogP contribution in [0.4, 0.5) is 24.5 Å². The molecule has 1 N–H and O–H groups in total. The molecule has 2 aromatic rings. The van der Waals surface area contributed by atoms with E-state index in [1.54, 1.807) is 37.8 Å². The molecule has 0 spiro atoms. The summed E-state index contributed by atoms with van der Waals surface area (Å²) in [5.41, 5.74) is -2.32. The normalized spacial score (nSPS) is 20.6. The third-order valence-electron chi connectivity index (χ3n) is 5.76. The lowest BCUT2D eigenvalue weighted by atomic mass is 10.0. The number of nitriles is 1.